The van der Waals surface area contributed by atoms with E-state index in [1.165, 1.54) is 6.07 Å². The SMILES string of the molecule is CCOc1ccc(-n2c(C)cc(/C=N\NC(=O)c3ccc(I)c(O)c3)c2C)cc1. The van der Waals surface area contributed by atoms with Gasteiger partial charge in [0.15, 0.2) is 0 Å². The van der Waals surface area contributed by atoms with Crippen molar-refractivity contribution in [1.82, 2.24) is 9.99 Å². The molecule has 0 spiro atoms. The molecule has 7 heteroatoms. The van der Waals surface area contributed by atoms with Gasteiger partial charge in [-0.3, -0.25) is 4.79 Å². The van der Waals surface area contributed by atoms with Crippen molar-refractivity contribution in [3.8, 4) is 17.2 Å². The summed E-state index contributed by atoms with van der Waals surface area (Å²) in [4.78, 5) is 12.2. The first-order chi connectivity index (χ1) is 13.9. The third-order valence-electron chi connectivity index (χ3n) is 4.45. The van der Waals surface area contributed by atoms with E-state index in [-0.39, 0.29) is 11.7 Å². The van der Waals surface area contributed by atoms with E-state index in [0.29, 0.717) is 15.7 Å². The van der Waals surface area contributed by atoms with Crippen molar-refractivity contribution in [1.29, 1.82) is 0 Å². The number of aromatic hydroxyl groups is 1. The average molecular weight is 503 g/mol. The minimum Gasteiger partial charge on any atom is -0.507 e. The topological polar surface area (TPSA) is 75.8 Å². The molecule has 150 valence electrons. The zero-order chi connectivity index (χ0) is 21.0. The monoisotopic (exact) mass is 503 g/mol. The Hall–Kier alpha value is -2.81. The second kappa shape index (κ2) is 9.13. The summed E-state index contributed by atoms with van der Waals surface area (Å²) in [7, 11) is 0. The molecule has 1 heterocycles. The number of benzene rings is 2. The number of rotatable bonds is 6. The van der Waals surface area contributed by atoms with E-state index in [2.05, 4.69) is 15.1 Å². The lowest BCUT2D eigenvalue weighted by Gasteiger charge is -2.10. The molecule has 29 heavy (non-hydrogen) atoms. The highest BCUT2D eigenvalue weighted by Gasteiger charge is 2.11. The maximum atomic E-state index is 12.2. The quantitative estimate of drug-likeness (QED) is 0.294. The number of hydrazone groups is 1. The molecular weight excluding hydrogens is 481 g/mol. The zero-order valence-corrected chi connectivity index (χ0v) is 18.6. The molecule has 0 fully saturated rings. The Morgan fingerprint density at radius 3 is 2.59 bits per heavy atom. The van der Waals surface area contributed by atoms with Crippen LogP contribution in [-0.2, 0) is 0 Å². The highest BCUT2D eigenvalue weighted by Crippen LogP contribution is 2.22. The number of phenolic OH excluding ortho intramolecular Hbond substituents is 1. The van der Waals surface area contributed by atoms with Crippen molar-refractivity contribution < 1.29 is 14.6 Å². The van der Waals surface area contributed by atoms with Crippen LogP contribution in [0.5, 0.6) is 11.5 Å². The van der Waals surface area contributed by atoms with Crippen molar-refractivity contribution in [3.63, 3.8) is 0 Å². The van der Waals surface area contributed by atoms with Crippen LogP contribution in [0.2, 0.25) is 0 Å². The number of phenols is 1. The summed E-state index contributed by atoms with van der Waals surface area (Å²) in [5.41, 5.74) is 6.85. The van der Waals surface area contributed by atoms with Crippen LogP contribution in [-0.4, -0.2) is 28.4 Å². The lowest BCUT2D eigenvalue weighted by molar-refractivity contribution is 0.0954. The minimum atomic E-state index is -0.381. The number of nitrogens with zero attached hydrogens (tertiary/aromatic N) is 2. The molecule has 0 radical (unpaired) electrons. The van der Waals surface area contributed by atoms with Crippen LogP contribution in [0.4, 0.5) is 0 Å². The van der Waals surface area contributed by atoms with Gasteiger partial charge in [-0.1, -0.05) is 0 Å². The van der Waals surface area contributed by atoms with Crippen LogP contribution in [0.3, 0.4) is 0 Å². The van der Waals surface area contributed by atoms with Crippen LogP contribution < -0.4 is 10.2 Å². The Kier molecular flexibility index (Phi) is 6.58. The number of aryl methyl sites for hydroxylation is 1. The van der Waals surface area contributed by atoms with Crippen LogP contribution >= 0.6 is 22.6 Å². The number of carbonyl (C=O) groups excluding carboxylic acids is 1. The van der Waals surface area contributed by atoms with Gasteiger partial charge in [0.1, 0.15) is 11.5 Å². The molecule has 0 aliphatic heterocycles. The molecule has 3 aromatic rings. The maximum Gasteiger partial charge on any atom is 0.271 e. The third-order valence-corrected chi connectivity index (χ3v) is 5.37. The van der Waals surface area contributed by atoms with Crippen LogP contribution in [0, 0.1) is 17.4 Å². The molecule has 0 aliphatic rings. The van der Waals surface area contributed by atoms with Crippen LogP contribution in [0.1, 0.15) is 34.2 Å². The summed E-state index contributed by atoms with van der Waals surface area (Å²) in [6, 6.07) is 14.7. The van der Waals surface area contributed by atoms with Gasteiger partial charge in [0, 0.05) is 28.2 Å². The second-order valence-corrected chi connectivity index (χ2v) is 7.62. The number of aromatic nitrogens is 1. The van der Waals surface area contributed by atoms with Gasteiger partial charge in [-0.2, -0.15) is 5.10 Å². The van der Waals surface area contributed by atoms with Gasteiger partial charge in [0.2, 0.25) is 0 Å². The number of hydrogen-bond acceptors (Lipinski definition) is 4. The molecule has 0 saturated carbocycles. The summed E-state index contributed by atoms with van der Waals surface area (Å²) in [6.45, 7) is 6.62. The highest BCUT2D eigenvalue weighted by atomic mass is 127. The van der Waals surface area contributed by atoms with Crippen molar-refractivity contribution in [2.75, 3.05) is 6.61 Å². The second-order valence-electron chi connectivity index (χ2n) is 6.45. The molecule has 0 unspecified atom stereocenters. The Labute approximate surface area is 183 Å². The van der Waals surface area contributed by atoms with Gasteiger partial charge in [-0.15, -0.1) is 0 Å². The first kappa shape index (κ1) is 20.9. The first-order valence-electron chi connectivity index (χ1n) is 9.14. The van der Waals surface area contributed by atoms with Crippen molar-refractivity contribution in [2.45, 2.75) is 20.8 Å². The summed E-state index contributed by atoms with van der Waals surface area (Å²) in [5.74, 6) is 0.527. The summed E-state index contributed by atoms with van der Waals surface area (Å²) >= 11 is 2.00. The Morgan fingerprint density at radius 1 is 1.21 bits per heavy atom. The van der Waals surface area contributed by atoms with Crippen molar-refractivity contribution in [2.24, 2.45) is 5.10 Å². The van der Waals surface area contributed by atoms with E-state index >= 15 is 0 Å². The van der Waals surface area contributed by atoms with E-state index in [1.54, 1.807) is 18.3 Å². The molecule has 3 rings (SSSR count). The summed E-state index contributed by atoms with van der Waals surface area (Å²) < 4.78 is 8.31. The summed E-state index contributed by atoms with van der Waals surface area (Å²) in [5, 5.41) is 13.8. The predicted molar refractivity (Wildman–Crippen MR) is 122 cm³/mol. The number of carbonyl (C=O) groups is 1. The average Bonchev–Trinajstić information content (AvgIpc) is 2.98. The lowest BCUT2D eigenvalue weighted by Crippen LogP contribution is -2.17. The predicted octanol–water partition coefficient (Wildman–Crippen LogP) is 4.57. The van der Waals surface area contributed by atoms with E-state index in [9.17, 15) is 9.90 Å². The van der Waals surface area contributed by atoms with E-state index in [4.69, 9.17) is 4.74 Å². The van der Waals surface area contributed by atoms with Gasteiger partial charge in [0.05, 0.1) is 16.4 Å². The molecule has 2 N–H and O–H groups in total. The zero-order valence-electron chi connectivity index (χ0n) is 16.4. The Morgan fingerprint density at radius 2 is 1.93 bits per heavy atom. The number of ether oxygens (including phenoxy) is 1. The molecule has 0 saturated heterocycles. The van der Waals surface area contributed by atoms with E-state index < -0.39 is 0 Å². The van der Waals surface area contributed by atoms with Gasteiger partial charge in [-0.05, 0) is 91.9 Å². The van der Waals surface area contributed by atoms with Gasteiger partial charge < -0.3 is 14.4 Å². The highest BCUT2D eigenvalue weighted by molar-refractivity contribution is 14.1. The fourth-order valence-electron chi connectivity index (χ4n) is 3.05. The standard InChI is InChI=1S/C22H22IN3O3/c1-4-29-19-8-6-18(7-9-19)26-14(2)11-17(15(26)3)13-24-25-22(28)16-5-10-20(23)21(27)12-16/h5-13,27H,4H2,1-3H3,(H,25,28)/b24-13-. The molecule has 0 bridgehead atoms. The van der Waals surface area contributed by atoms with Gasteiger partial charge in [0.25, 0.3) is 5.91 Å². The Bertz CT molecular complexity index is 1060. The fourth-order valence-corrected chi connectivity index (χ4v) is 3.39. The molecule has 2 aromatic carbocycles. The van der Waals surface area contributed by atoms with Gasteiger partial charge >= 0.3 is 0 Å². The van der Waals surface area contributed by atoms with Gasteiger partial charge in [-0.25, -0.2) is 5.43 Å². The van der Waals surface area contributed by atoms with Crippen LogP contribution in [0.25, 0.3) is 5.69 Å². The number of nitrogens with one attached hydrogen (secondary N) is 1. The van der Waals surface area contributed by atoms with Crippen LogP contribution in [0.15, 0.2) is 53.6 Å². The molecule has 1 amide bonds. The third kappa shape index (κ3) is 4.79. The lowest BCUT2D eigenvalue weighted by atomic mass is 10.2. The molecular formula is C22H22IN3O3. The maximum absolute atomic E-state index is 12.2. The molecule has 0 atom stereocenters. The molecule has 0 aliphatic carbocycles. The number of hydrogen-bond donors (Lipinski definition) is 2. The van der Waals surface area contributed by atoms with Crippen molar-refractivity contribution in [3.05, 3.63) is 74.6 Å². The fraction of sp³-hybridized carbons (Fsp3) is 0.182. The molecule has 1 aromatic heterocycles. The smallest absolute Gasteiger partial charge is 0.271 e. The largest absolute Gasteiger partial charge is 0.507 e. The first-order valence-corrected chi connectivity index (χ1v) is 10.2. The number of halogens is 1. The Balaban J connectivity index is 1.75. The molecule has 6 nitrogen and oxygen atoms in total. The summed E-state index contributed by atoms with van der Waals surface area (Å²) in [6.07, 6.45) is 1.62. The van der Waals surface area contributed by atoms with E-state index in [0.717, 1.165) is 28.4 Å². The number of amides is 1. The minimum absolute atomic E-state index is 0.0705. The van der Waals surface area contributed by atoms with Crippen molar-refractivity contribution >= 4 is 34.7 Å². The normalized spacial score (nSPS) is 11.0. The van der Waals surface area contributed by atoms with E-state index in [1.807, 2.05) is 73.7 Å².